The molecule has 2 aromatic carbocycles. The molecule has 2 atom stereocenters. The molecule has 1 fully saturated rings. The van der Waals surface area contributed by atoms with E-state index in [1.165, 1.54) is 0 Å². The molecule has 23 heavy (non-hydrogen) atoms. The minimum absolute atomic E-state index is 0.302. The Hall–Kier alpha value is -2.51. The van der Waals surface area contributed by atoms with E-state index >= 15 is 0 Å². The van der Waals surface area contributed by atoms with Crippen molar-refractivity contribution in [3.63, 3.8) is 0 Å². The van der Waals surface area contributed by atoms with Gasteiger partial charge in [0.25, 0.3) is 0 Å². The number of fused-ring (bicyclic) bond motifs is 3. The SMILES string of the molecule is N#Cc1ccc(OC[C@H]2CC[C@@H](N)C2)c2oc3ccccc3c12. The molecule has 4 heteroatoms. The molecule has 0 saturated heterocycles. The standard InChI is InChI=1S/C19H18N2O2/c20-10-13-6-8-17(22-11-12-5-7-14(21)9-12)19-18(13)15-3-1-2-4-16(15)23-19/h1-4,6,8,12,14H,5,7,9,11,21H2/t12-,14+/m0/s1. The maximum Gasteiger partial charge on any atom is 0.178 e. The summed E-state index contributed by atoms with van der Waals surface area (Å²) < 4.78 is 12.0. The van der Waals surface area contributed by atoms with Gasteiger partial charge in [-0.25, -0.2) is 0 Å². The minimum atomic E-state index is 0.302. The molecule has 1 saturated carbocycles. The fourth-order valence-electron chi connectivity index (χ4n) is 3.48. The zero-order valence-electron chi connectivity index (χ0n) is 12.8. The van der Waals surface area contributed by atoms with Crippen molar-refractivity contribution in [1.82, 2.24) is 0 Å². The molecule has 1 heterocycles. The molecule has 0 bridgehead atoms. The Morgan fingerprint density at radius 3 is 2.87 bits per heavy atom. The summed E-state index contributed by atoms with van der Waals surface area (Å²) in [5.74, 6) is 1.20. The average Bonchev–Trinajstić information content (AvgIpc) is 3.16. The molecule has 4 nitrogen and oxygen atoms in total. The first-order chi connectivity index (χ1) is 11.3. The lowest BCUT2D eigenvalue weighted by Gasteiger charge is -2.12. The second-order valence-electron chi connectivity index (χ2n) is 6.28. The van der Waals surface area contributed by atoms with Crippen molar-refractivity contribution < 1.29 is 9.15 Å². The normalized spacial score (nSPS) is 20.9. The van der Waals surface area contributed by atoms with Crippen LogP contribution in [-0.4, -0.2) is 12.6 Å². The molecule has 1 aromatic heterocycles. The van der Waals surface area contributed by atoms with Crippen molar-refractivity contribution in [3.8, 4) is 11.8 Å². The van der Waals surface area contributed by atoms with Crippen LogP contribution in [0.4, 0.5) is 0 Å². The van der Waals surface area contributed by atoms with Crippen molar-refractivity contribution in [2.75, 3.05) is 6.61 Å². The Morgan fingerprint density at radius 2 is 2.09 bits per heavy atom. The topological polar surface area (TPSA) is 72.2 Å². The van der Waals surface area contributed by atoms with Gasteiger partial charge in [0.05, 0.1) is 18.2 Å². The average molecular weight is 306 g/mol. The predicted octanol–water partition coefficient (Wildman–Crippen LogP) is 3.96. The number of rotatable bonds is 3. The van der Waals surface area contributed by atoms with Crippen LogP contribution in [-0.2, 0) is 0 Å². The monoisotopic (exact) mass is 306 g/mol. The number of benzene rings is 2. The Morgan fingerprint density at radius 1 is 1.22 bits per heavy atom. The number of nitriles is 1. The second-order valence-corrected chi connectivity index (χ2v) is 6.28. The van der Waals surface area contributed by atoms with Gasteiger partial charge in [-0.2, -0.15) is 5.26 Å². The van der Waals surface area contributed by atoms with Gasteiger partial charge in [0.2, 0.25) is 0 Å². The van der Waals surface area contributed by atoms with Gasteiger partial charge in [0.15, 0.2) is 11.3 Å². The van der Waals surface area contributed by atoms with Crippen molar-refractivity contribution in [2.45, 2.75) is 25.3 Å². The summed E-state index contributed by atoms with van der Waals surface area (Å²) >= 11 is 0. The van der Waals surface area contributed by atoms with Gasteiger partial charge in [0, 0.05) is 16.8 Å². The molecule has 1 aliphatic carbocycles. The molecule has 0 radical (unpaired) electrons. The van der Waals surface area contributed by atoms with E-state index < -0.39 is 0 Å². The van der Waals surface area contributed by atoms with Crippen LogP contribution < -0.4 is 10.5 Å². The van der Waals surface area contributed by atoms with E-state index in [1.807, 2.05) is 30.3 Å². The molecule has 3 aromatic rings. The first kappa shape index (κ1) is 14.1. The molecule has 0 aliphatic heterocycles. The lowest BCUT2D eigenvalue weighted by atomic mass is 10.1. The maximum atomic E-state index is 9.39. The Bertz CT molecular complexity index is 907. The third-order valence-corrected chi connectivity index (χ3v) is 4.67. The number of hydrogen-bond acceptors (Lipinski definition) is 4. The van der Waals surface area contributed by atoms with E-state index in [9.17, 15) is 5.26 Å². The highest BCUT2D eigenvalue weighted by Gasteiger charge is 2.23. The van der Waals surface area contributed by atoms with Crippen molar-refractivity contribution in [1.29, 1.82) is 5.26 Å². The molecular weight excluding hydrogens is 288 g/mol. The molecule has 0 spiro atoms. The summed E-state index contributed by atoms with van der Waals surface area (Å²) in [6, 6.07) is 14.0. The van der Waals surface area contributed by atoms with Crippen LogP contribution in [0.3, 0.4) is 0 Å². The summed E-state index contributed by atoms with van der Waals surface area (Å²) in [7, 11) is 0. The minimum Gasteiger partial charge on any atom is -0.489 e. The lowest BCUT2D eigenvalue weighted by Crippen LogP contribution is -2.16. The summed E-state index contributed by atoms with van der Waals surface area (Å²) in [5.41, 5.74) is 8.01. The van der Waals surface area contributed by atoms with Gasteiger partial charge in [-0.15, -0.1) is 0 Å². The van der Waals surface area contributed by atoms with Gasteiger partial charge in [-0.05, 0) is 43.4 Å². The fourth-order valence-corrected chi connectivity index (χ4v) is 3.48. The number of furan rings is 1. The summed E-state index contributed by atoms with van der Waals surface area (Å²) in [6.07, 6.45) is 3.20. The van der Waals surface area contributed by atoms with E-state index in [4.69, 9.17) is 14.9 Å². The van der Waals surface area contributed by atoms with Crippen molar-refractivity contribution in [3.05, 3.63) is 42.0 Å². The smallest absolute Gasteiger partial charge is 0.178 e. The van der Waals surface area contributed by atoms with Gasteiger partial charge in [-0.1, -0.05) is 18.2 Å². The Balaban J connectivity index is 1.74. The third-order valence-electron chi connectivity index (χ3n) is 4.67. The van der Waals surface area contributed by atoms with Crippen LogP contribution in [0.15, 0.2) is 40.8 Å². The molecule has 1 aliphatic rings. The summed E-state index contributed by atoms with van der Waals surface area (Å²) in [5, 5.41) is 11.2. The molecule has 0 amide bonds. The largest absolute Gasteiger partial charge is 0.489 e. The zero-order valence-corrected chi connectivity index (χ0v) is 12.8. The van der Waals surface area contributed by atoms with Gasteiger partial charge >= 0.3 is 0 Å². The van der Waals surface area contributed by atoms with Crippen molar-refractivity contribution in [2.24, 2.45) is 11.7 Å². The highest BCUT2D eigenvalue weighted by Crippen LogP contribution is 2.37. The Kier molecular flexibility index (Phi) is 3.44. The lowest BCUT2D eigenvalue weighted by molar-refractivity contribution is 0.251. The van der Waals surface area contributed by atoms with Gasteiger partial charge in [0.1, 0.15) is 5.58 Å². The Labute approximate surface area is 134 Å². The summed E-state index contributed by atoms with van der Waals surface area (Å²) in [4.78, 5) is 0. The van der Waals surface area contributed by atoms with Crippen LogP contribution in [0.25, 0.3) is 21.9 Å². The van der Waals surface area contributed by atoms with E-state index in [2.05, 4.69) is 6.07 Å². The van der Waals surface area contributed by atoms with Crippen LogP contribution in [0.1, 0.15) is 24.8 Å². The van der Waals surface area contributed by atoms with Crippen molar-refractivity contribution >= 4 is 21.9 Å². The van der Waals surface area contributed by atoms with Gasteiger partial charge < -0.3 is 14.9 Å². The third kappa shape index (κ3) is 2.43. The van der Waals surface area contributed by atoms with Crippen LogP contribution in [0, 0.1) is 17.2 Å². The first-order valence-corrected chi connectivity index (χ1v) is 7.99. The highest BCUT2D eigenvalue weighted by molar-refractivity contribution is 6.09. The van der Waals surface area contributed by atoms with E-state index in [1.54, 1.807) is 6.07 Å². The van der Waals surface area contributed by atoms with E-state index in [-0.39, 0.29) is 0 Å². The van der Waals surface area contributed by atoms with Gasteiger partial charge in [-0.3, -0.25) is 0 Å². The number of hydrogen-bond donors (Lipinski definition) is 1. The van der Waals surface area contributed by atoms with Crippen LogP contribution >= 0.6 is 0 Å². The first-order valence-electron chi connectivity index (χ1n) is 7.99. The van der Waals surface area contributed by atoms with E-state index in [0.29, 0.717) is 35.5 Å². The predicted molar refractivity (Wildman–Crippen MR) is 89.2 cm³/mol. The number of nitrogens with zero attached hydrogens (tertiary/aromatic N) is 1. The van der Waals surface area contributed by atoms with Crippen LogP contribution in [0.5, 0.6) is 5.75 Å². The molecule has 116 valence electrons. The maximum absolute atomic E-state index is 9.39. The molecule has 0 unspecified atom stereocenters. The quantitative estimate of drug-likeness (QED) is 0.795. The van der Waals surface area contributed by atoms with E-state index in [0.717, 1.165) is 35.6 Å². The molecular formula is C19H18N2O2. The fraction of sp³-hybridized carbons (Fsp3) is 0.316. The zero-order chi connectivity index (χ0) is 15.8. The highest BCUT2D eigenvalue weighted by atomic mass is 16.5. The number of ether oxygens (including phenoxy) is 1. The second kappa shape index (κ2) is 5.60. The number of nitrogens with two attached hydrogens (primary N) is 1. The van der Waals surface area contributed by atoms with Crippen LogP contribution in [0.2, 0.25) is 0 Å². The number of para-hydroxylation sites is 1. The summed E-state index contributed by atoms with van der Waals surface area (Å²) in [6.45, 7) is 0.645. The molecule has 2 N–H and O–H groups in total. The molecule has 4 rings (SSSR count).